The number of amides is 1. The van der Waals surface area contributed by atoms with E-state index in [9.17, 15) is 4.79 Å². The first-order valence-corrected chi connectivity index (χ1v) is 13.7. The molecule has 0 aliphatic carbocycles. The van der Waals surface area contributed by atoms with E-state index in [-0.39, 0.29) is 17.7 Å². The molecule has 0 saturated carbocycles. The zero-order valence-electron chi connectivity index (χ0n) is 22.1. The van der Waals surface area contributed by atoms with E-state index in [1.807, 2.05) is 17.0 Å². The first-order valence-electron chi connectivity index (χ1n) is 13.4. The molecule has 1 saturated heterocycles. The summed E-state index contributed by atoms with van der Waals surface area (Å²) in [5, 5.41) is 0.757. The molecule has 38 heavy (non-hydrogen) atoms. The summed E-state index contributed by atoms with van der Waals surface area (Å²) in [4.78, 5) is 30.9. The Morgan fingerprint density at radius 2 is 2.05 bits per heavy atom. The Kier molecular flexibility index (Phi) is 8.14. The fourth-order valence-corrected chi connectivity index (χ4v) is 5.77. The molecular weight excluding hydrogens is 504 g/mol. The molecule has 1 unspecified atom stereocenters. The minimum atomic E-state index is -0.149. The van der Waals surface area contributed by atoms with Gasteiger partial charge in [0.25, 0.3) is 5.91 Å². The number of benzene rings is 1. The standard InChI is InChI=1S/C28H35ClN6O3/c1-3-19-20(8-6-9-22(19)29)25-15-24-21(17-38-25)26(33-28(32-24)37-2)35-13-7-10-31-18(16-35)14-23(30)27(36)34-11-4-5-12-34/h6,8-9,14,25H,3-5,7,10-13,15-17,30H2,1-2H3/b23-14-. The first-order chi connectivity index (χ1) is 18.5. The van der Waals surface area contributed by atoms with Gasteiger partial charge in [-0.1, -0.05) is 30.7 Å². The number of aromatic nitrogens is 2. The molecule has 5 rings (SSSR count). The fourth-order valence-electron chi connectivity index (χ4n) is 5.46. The van der Waals surface area contributed by atoms with Gasteiger partial charge in [0, 0.05) is 43.2 Å². The van der Waals surface area contributed by atoms with Crippen LogP contribution < -0.4 is 15.4 Å². The largest absolute Gasteiger partial charge is 0.467 e. The number of fused-ring (bicyclic) bond motifs is 1. The summed E-state index contributed by atoms with van der Waals surface area (Å²) < 4.78 is 11.9. The second-order valence-corrected chi connectivity index (χ2v) is 10.3. The van der Waals surface area contributed by atoms with Gasteiger partial charge in [-0.15, -0.1) is 0 Å². The number of nitrogens with zero attached hydrogens (tertiary/aromatic N) is 5. The van der Waals surface area contributed by atoms with Crippen LogP contribution in [0.1, 0.15) is 54.7 Å². The molecule has 1 aromatic heterocycles. The number of carbonyl (C=O) groups excluding carboxylic acids is 1. The van der Waals surface area contributed by atoms with Crippen LogP contribution in [0.15, 0.2) is 35.0 Å². The minimum Gasteiger partial charge on any atom is -0.467 e. The predicted molar refractivity (Wildman–Crippen MR) is 148 cm³/mol. The van der Waals surface area contributed by atoms with E-state index in [4.69, 9.17) is 41.8 Å². The number of anilines is 1. The van der Waals surface area contributed by atoms with Gasteiger partial charge in [0.05, 0.1) is 43.5 Å². The van der Waals surface area contributed by atoms with Crippen molar-refractivity contribution >= 4 is 29.0 Å². The highest BCUT2D eigenvalue weighted by molar-refractivity contribution is 6.31. The number of ether oxygens (including phenoxy) is 2. The highest BCUT2D eigenvalue weighted by atomic mass is 35.5. The van der Waals surface area contributed by atoms with E-state index >= 15 is 0 Å². The monoisotopic (exact) mass is 538 g/mol. The molecule has 1 aromatic carbocycles. The topological polar surface area (TPSA) is 106 Å². The molecule has 2 aromatic rings. The van der Waals surface area contributed by atoms with E-state index in [0.29, 0.717) is 32.1 Å². The first kappa shape index (κ1) is 26.4. The molecule has 2 N–H and O–H groups in total. The summed E-state index contributed by atoms with van der Waals surface area (Å²) in [6.07, 6.45) is 5.90. The number of likely N-dealkylation sites (tertiary alicyclic amines) is 1. The Hall–Kier alpha value is -3.17. The highest BCUT2D eigenvalue weighted by Gasteiger charge is 2.30. The number of rotatable bonds is 6. The average Bonchev–Trinajstić information content (AvgIpc) is 3.38. The molecule has 3 aliphatic rings. The fraction of sp³-hybridized carbons (Fsp3) is 0.500. The van der Waals surface area contributed by atoms with E-state index in [1.54, 1.807) is 13.2 Å². The Labute approximate surface area is 228 Å². The molecule has 10 heteroatoms. The van der Waals surface area contributed by atoms with Gasteiger partial charge in [-0.25, -0.2) is 0 Å². The molecule has 1 fully saturated rings. The SMILES string of the molecule is CCc1c(Cl)cccc1C1Cc2nc(OC)nc(N3CCCN=C(/C=C(\N)C(=O)N4CCCC4)C3)c2CO1. The van der Waals surface area contributed by atoms with Crippen molar-refractivity contribution in [2.24, 2.45) is 10.7 Å². The zero-order valence-corrected chi connectivity index (χ0v) is 22.8. The van der Waals surface area contributed by atoms with E-state index in [0.717, 1.165) is 84.3 Å². The van der Waals surface area contributed by atoms with Gasteiger partial charge in [-0.2, -0.15) is 9.97 Å². The molecule has 202 valence electrons. The van der Waals surface area contributed by atoms with Gasteiger partial charge in [0.2, 0.25) is 0 Å². The van der Waals surface area contributed by atoms with Crippen LogP contribution in [0.5, 0.6) is 6.01 Å². The smallest absolute Gasteiger partial charge is 0.318 e. The van der Waals surface area contributed by atoms with Gasteiger partial charge in [0.1, 0.15) is 5.82 Å². The van der Waals surface area contributed by atoms with Gasteiger partial charge in [-0.05, 0) is 49.0 Å². The van der Waals surface area contributed by atoms with Crippen LogP contribution in [-0.4, -0.2) is 66.3 Å². The Balaban J connectivity index is 1.41. The van der Waals surface area contributed by atoms with Crippen molar-refractivity contribution in [3.05, 3.63) is 57.4 Å². The number of carbonyl (C=O) groups is 1. The van der Waals surface area contributed by atoms with Crippen LogP contribution in [0, 0.1) is 0 Å². The molecule has 3 aliphatic heterocycles. The molecule has 0 radical (unpaired) electrons. The summed E-state index contributed by atoms with van der Waals surface area (Å²) in [6, 6.07) is 6.29. The number of halogens is 1. The number of aliphatic imine (C=N–C) groups is 1. The summed E-state index contributed by atoms with van der Waals surface area (Å²) in [5.41, 5.74) is 11.3. The van der Waals surface area contributed by atoms with Crippen LogP contribution in [0.4, 0.5) is 5.82 Å². The third-order valence-electron chi connectivity index (χ3n) is 7.41. The Morgan fingerprint density at radius 1 is 1.24 bits per heavy atom. The van der Waals surface area contributed by atoms with Gasteiger partial charge in [-0.3, -0.25) is 9.79 Å². The van der Waals surface area contributed by atoms with Crippen molar-refractivity contribution in [3.63, 3.8) is 0 Å². The lowest BCUT2D eigenvalue weighted by Gasteiger charge is -2.31. The molecule has 1 amide bonds. The van der Waals surface area contributed by atoms with Crippen molar-refractivity contribution in [2.45, 2.75) is 51.7 Å². The second-order valence-electron chi connectivity index (χ2n) is 9.87. The predicted octanol–water partition coefficient (Wildman–Crippen LogP) is 3.63. The van der Waals surface area contributed by atoms with Crippen LogP contribution in [0.3, 0.4) is 0 Å². The van der Waals surface area contributed by atoms with Gasteiger partial charge < -0.3 is 25.0 Å². The van der Waals surface area contributed by atoms with Gasteiger partial charge >= 0.3 is 6.01 Å². The van der Waals surface area contributed by atoms with E-state index in [2.05, 4.69) is 17.9 Å². The Bertz CT molecular complexity index is 1260. The highest BCUT2D eigenvalue weighted by Crippen LogP contribution is 2.37. The molecule has 9 nitrogen and oxygen atoms in total. The third-order valence-corrected chi connectivity index (χ3v) is 7.77. The number of nitrogens with two attached hydrogens (primary N) is 1. The average molecular weight is 539 g/mol. The van der Waals surface area contributed by atoms with Crippen LogP contribution in [-0.2, 0) is 29.0 Å². The maximum atomic E-state index is 12.7. The van der Waals surface area contributed by atoms with E-state index < -0.39 is 0 Å². The number of hydrogen-bond donors (Lipinski definition) is 1. The quantitative estimate of drug-likeness (QED) is 0.560. The van der Waals surface area contributed by atoms with Crippen molar-refractivity contribution in [3.8, 4) is 6.01 Å². The lowest BCUT2D eigenvalue weighted by molar-refractivity contribution is -0.126. The third kappa shape index (κ3) is 5.49. The lowest BCUT2D eigenvalue weighted by atomic mass is 9.94. The molecular formula is C28H35ClN6O3. The maximum absolute atomic E-state index is 12.7. The van der Waals surface area contributed by atoms with Gasteiger partial charge in [0.15, 0.2) is 0 Å². The summed E-state index contributed by atoms with van der Waals surface area (Å²) in [7, 11) is 1.58. The molecule has 0 bridgehead atoms. The van der Waals surface area contributed by atoms with Crippen molar-refractivity contribution in [1.29, 1.82) is 0 Å². The minimum absolute atomic E-state index is 0.117. The second kappa shape index (κ2) is 11.7. The lowest BCUT2D eigenvalue weighted by Crippen LogP contribution is -2.34. The molecule has 1 atom stereocenters. The van der Waals surface area contributed by atoms with Crippen molar-refractivity contribution < 1.29 is 14.3 Å². The van der Waals surface area contributed by atoms with Crippen LogP contribution >= 0.6 is 11.6 Å². The maximum Gasteiger partial charge on any atom is 0.318 e. The summed E-state index contributed by atoms with van der Waals surface area (Å²) in [6.45, 7) is 5.89. The zero-order chi connectivity index (χ0) is 26.6. The van der Waals surface area contributed by atoms with Crippen LogP contribution in [0.2, 0.25) is 5.02 Å². The van der Waals surface area contributed by atoms with Crippen molar-refractivity contribution in [2.75, 3.05) is 44.7 Å². The van der Waals surface area contributed by atoms with Crippen molar-refractivity contribution in [1.82, 2.24) is 14.9 Å². The normalized spacial score (nSPS) is 20.1. The number of methoxy groups -OCH3 is 1. The molecule has 0 spiro atoms. The summed E-state index contributed by atoms with van der Waals surface area (Å²) >= 11 is 6.49. The molecule has 4 heterocycles. The number of hydrogen-bond acceptors (Lipinski definition) is 8. The summed E-state index contributed by atoms with van der Waals surface area (Å²) in [5.74, 6) is 0.661. The van der Waals surface area contributed by atoms with E-state index in [1.165, 1.54) is 0 Å². The Morgan fingerprint density at radius 3 is 2.82 bits per heavy atom. The van der Waals surface area contributed by atoms with Crippen LogP contribution in [0.25, 0.3) is 0 Å².